The van der Waals surface area contributed by atoms with Gasteiger partial charge in [0.25, 0.3) is 0 Å². The summed E-state index contributed by atoms with van der Waals surface area (Å²) in [4.78, 5) is 4.24. The van der Waals surface area contributed by atoms with E-state index in [4.69, 9.17) is 0 Å². The Bertz CT molecular complexity index is 478. The molecule has 0 aliphatic carbocycles. The third kappa shape index (κ3) is 3.17. The number of aliphatic hydroxyl groups is 1. The van der Waals surface area contributed by atoms with E-state index in [1.807, 2.05) is 35.0 Å². The first-order valence-corrected chi connectivity index (χ1v) is 6.42. The van der Waals surface area contributed by atoms with E-state index >= 15 is 0 Å². The third-order valence-electron chi connectivity index (χ3n) is 2.69. The van der Waals surface area contributed by atoms with Crippen LogP contribution in [0.4, 0.5) is 0 Å². The molecule has 2 aromatic rings. The van der Waals surface area contributed by atoms with Crippen LogP contribution in [0.1, 0.15) is 24.3 Å². The van der Waals surface area contributed by atoms with Gasteiger partial charge in [-0.3, -0.25) is 0 Å². The van der Waals surface area contributed by atoms with E-state index in [0.29, 0.717) is 6.54 Å². The molecular formula is C13H15BrN2O. The molecule has 0 aliphatic heterocycles. The molecule has 0 amide bonds. The van der Waals surface area contributed by atoms with Crippen molar-refractivity contribution in [3.8, 4) is 0 Å². The van der Waals surface area contributed by atoms with Crippen molar-refractivity contribution in [2.75, 3.05) is 0 Å². The lowest BCUT2D eigenvalue weighted by molar-refractivity contribution is 0.156. The second-order valence-corrected chi connectivity index (χ2v) is 4.90. The molecular weight excluding hydrogens is 280 g/mol. The summed E-state index contributed by atoms with van der Waals surface area (Å²) in [5.74, 6) is 0. The zero-order valence-corrected chi connectivity index (χ0v) is 11.3. The van der Waals surface area contributed by atoms with E-state index in [1.165, 1.54) is 0 Å². The van der Waals surface area contributed by atoms with Gasteiger partial charge >= 0.3 is 0 Å². The molecule has 0 spiro atoms. The summed E-state index contributed by atoms with van der Waals surface area (Å²) in [7, 11) is 0. The number of rotatable bonds is 4. The predicted octanol–water partition coefficient (Wildman–Crippen LogP) is 2.94. The Labute approximate surface area is 109 Å². The fourth-order valence-electron chi connectivity index (χ4n) is 1.68. The number of imidazole rings is 1. The smallest absolute Gasteiger partial charge is 0.0969 e. The average Bonchev–Trinajstić information content (AvgIpc) is 2.77. The van der Waals surface area contributed by atoms with Crippen molar-refractivity contribution in [1.29, 1.82) is 0 Å². The van der Waals surface area contributed by atoms with E-state index < -0.39 is 6.10 Å². The maximum atomic E-state index is 10.1. The largest absolute Gasteiger partial charge is 0.387 e. The van der Waals surface area contributed by atoms with Crippen molar-refractivity contribution in [1.82, 2.24) is 9.55 Å². The van der Waals surface area contributed by atoms with Crippen LogP contribution in [0.15, 0.2) is 41.3 Å². The van der Waals surface area contributed by atoms with Gasteiger partial charge in [0.05, 0.1) is 24.7 Å². The highest BCUT2D eigenvalue weighted by Gasteiger charge is 2.08. The predicted molar refractivity (Wildman–Crippen MR) is 70.7 cm³/mol. The van der Waals surface area contributed by atoms with Gasteiger partial charge in [0.15, 0.2) is 0 Å². The van der Waals surface area contributed by atoms with E-state index in [2.05, 4.69) is 27.8 Å². The lowest BCUT2D eigenvalue weighted by Crippen LogP contribution is -2.06. The first kappa shape index (κ1) is 12.3. The van der Waals surface area contributed by atoms with Gasteiger partial charge in [-0.15, -0.1) is 0 Å². The highest BCUT2D eigenvalue weighted by molar-refractivity contribution is 9.10. The van der Waals surface area contributed by atoms with Gasteiger partial charge in [-0.25, -0.2) is 4.98 Å². The summed E-state index contributed by atoms with van der Waals surface area (Å²) >= 11 is 3.38. The topological polar surface area (TPSA) is 38.0 Å². The van der Waals surface area contributed by atoms with Gasteiger partial charge in [0, 0.05) is 10.7 Å². The Morgan fingerprint density at radius 3 is 2.65 bits per heavy atom. The minimum Gasteiger partial charge on any atom is -0.387 e. The van der Waals surface area contributed by atoms with Crippen LogP contribution in [-0.2, 0) is 13.0 Å². The van der Waals surface area contributed by atoms with E-state index in [1.54, 1.807) is 6.33 Å². The summed E-state index contributed by atoms with van der Waals surface area (Å²) in [6, 6.07) is 7.71. The minimum absolute atomic E-state index is 0.498. The molecule has 1 aromatic carbocycles. The molecule has 0 bridgehead atoms. The molecule has 3 nitrogen and oxygen atoms in total. The number of aromatic nitrogens is 2. The van der Waals surface area contributed by atoms with Crippen LogP contribution in [0.25, 0.3) is 0 Å². The monoisotopic (exact) mass is 294 g/mol. The van der Waals surface area contributed by atoms with Gasteiger partial charge in [-0.05, 0) is 24.1 Å². The van der Waals surface area contributed by atoms with Gasteiger partial charge in [-0.1, -0.05) is 35.0 Å². The Hall–Kier alpha value is -1.13. The number of aryl methyl sites for hydroxylation is 1. The molecule has 4 heteroatoms. The minimum atomic E-state index is -0.498. The van der Waals surface area contributed by atoms with Crippen molar-refractivity contribution in [2.45, 2.75) is 26.0 Å². The Morgan fingerprint density at radius 2 is 2.06 bits per heavy atom. The van der Waals surface area contributed by atoms with Crippen LogP contribution < -0.4 is 0 Å². The fourth-order valence-corrected chi connectivity index (χ4v) is 1.94. The number of aliphatic hydroxyl groups excluding tert-OH is 1. The van der Waals surface area contributed by atoms with Crippen molar-refractivity contribution in [3.63, 3.8) is 0 Å². The zero-order valence-electron chi connectivity index (χ0n) is 9.68. The number of hydrogen-bond acceptors (Lipinski definition) is 2. The Kier molecular flexibility index (Phi) is 3.97. The molecule has 1 unspecified atom stereocenters. The molecule has 0 saturated heterocycles. The molecule has 1 heterocycles. The molecule has 0 saturated carbocycles. The zero-order chi connectivity index (χ0) is 12.3. The summed E-state index contributed by atoms with van der Waals surface area (Å²) < 4.78 is 2.94. The van der Waals surface area contributed by atoms with Crippen LogP contribution in [0.3, 0.4) is 0 Å². The number of nitrogens with zero attached hydrogens (tertiary/aromatic N) is 2. The molecule has 0 radical (unpaired) electrons. The van der Waals surface area contributed by atoms with Crippen molar-refractivity contribution < 1.29 is 5.11 Å². The molecule has 2 rings (SSSR count). The lowest BCUT2D eigenvalue weighted by Gasteiger charge is -2.11. The molecule has 0 fully saturated rings. The Balaban J connectivity index is 2.05. The highest BCUT2D eigenvalue weighted by atomic mass is 79.9. The van der Waals surface area contributed by atoms with E-state index in [-0.39, 0.29) is 0 Å². The van der Waals surface area contributed by atoms with Crippen LogP contribution in [-0.4, -0.2) is 14.7 Å². The summed E-state index contributed by atoms with van der Waals surface area (Å²) in [6.07, 6.45) is 4.16. The lowest BCUT2D eigenvalue weighted by atomic mass is 10.1. The van der Waals surface area contributed by atoms with Gasteiger partial charge in [0.1, 0.15) is 0 Å². The normalized spacial score (nSPS) is 12.6. The molecule has 1 N–H and O–H groups in total. The standard InChI is InChI=1S/C13H15BrN2O/c1-2-12-7-16(9-15-12)8-13(17)10-3-5-11(14)6-4-10/h3-7,9,13,17H,2,8H2,1H3. The van der Waals surface area contributed by atoms with Crippen LogP contribution >= 0.6 is 15.9 Å². The Morgan fingerprint density at radius 1 is 1.35 bits per heavy atom. The van der Waals surface area contributed by atoms with Crippen molar-refractivity contribution in [3.05, 3.63) is 52.5 Å². The van der Waals surface area contributed by atoms with Gasteiger partial charge in [0.2, 0.25) is 0 Å². The SMILES string of the molecule is CCc1cn(CC(O)c2ccc(Br)cc2)cn1. The first-order chi connectivity index (χ1) is 8.19. The number of halogens is 1. The molecule has 90 valence electrons. The second-order valence-electron chi connectivity index (χ2n) is 3.98. The average molecular weight is 295 g/mol. The van der Waals surface area contributed by atoms with Crippen molar-refractivity contribution >= 4 is 15.9 Å². The fraction of sp³-hybridized carbons (Fsp3) is 0.308. The summed E-state index contributed by atoms with van der Waals surface area (Å²) in [6.45, 7) is 2.60. The van der Waals surface area contributed by atoms with E-state index in [9.17, 15) is 5.11 Å². The second kappa shape index (κ2) is 5.47. The van der Waals surface area contributed by atoms with Gasteiger partial charge in [-0.2, -0.15) is 0 Å². The first-order valence-electron chi connectivity index (χ1n) is 5.63. The maximum Gasteiger partial charge on any atom is 0.0969 e. The van der Waals surface area contributed by atoms with Gasteiger partial charge < -0.3 is 9.67 Å². The van der Waals surface area contributed by atoms with E-state index in [0.717, 1.165) is 22.2 Å². The molecule has 17 heavy (non-hydrogen) atoms. The van der Waals surface area contributed by atoms with Crippen LogP contribution in [0, 0.1) is 0 Å². The molecule has 1 atom stereocenters. The molecule has 1 aromatic heterocycles. The third-order valence-corrected chi connectivity index (χ3v) is 3.22. The highest BCUT2D eigenvalue weighted by Crippen LogP contribution is 2.18. The van der Waals surface area contributed by atoms with Crippen molar-refractivity contribution in [2.24, 2.45) is 0 Å². The number of benzene rings is 1. The van der Waals surface area contributed by atoms with Crippen LogP contribution in [0.5, 0.6) is 0 Å². The maximum absolute atomic E-state index is 10.1. The quantitative estimate of drug-likeness (QED) is 0.941. The summed E-state index contributed by atoms with van der Waals surface area (Å²) in [5, 5.41) is 10.1. The molecule has 0 aliphatic rings. The number of hydrogen-bond donors (Lipinski definition) is 1. The summed E-state index contributed by atoms with van der Waals surface area (Å²) in [5.41, 5.74) is 1.97. The van der Waals surface area contributed by atoms with Crippen LogP contribution in [0.2, 0.25) is 0 Å².